The summed E-state index contributed by atoms with van der Waals surface area (Å²) in [6.45, 7) is 8.18. The Bertz CT molecular complexity index is 560. The second kappa shape index (κ2) is 8.63. The van der Waals surface area contributed by atoms with E-state index in [-0.39, 0.29) is 30.2 Å². The maximum absolute atomic E-state index is 13.0. The Kier molecular flexibility index (Phi) is 6.54. The number of urea groups is 1. The number of carbonyl (C=O) groups is 2. The van der Waals surface area contributed by atoms with E-state index in [1.165, 1.54) is 17.0 Å². The summed E-state index contributed by atoms with van der Waals surface area (Å²) >= 11 is 0. The second-order valence-electron chi connectivity index (χ2n) is 5.99. The zero-order valence-electron chi connectivity index (χ0n) is 14.3. The molecular weight excluding hydrogens is 311 g/mol. The number of carbonyl (C=O) groups excluding carboxylic acids is 2. The summed E-state index contributed by atoms with van der Waals surface area (Å²) in [5.41, 5.74) is 0.649. The van der Waals surface area contributed by atoms with Crippen molar-refractivity contribution < 1.29 is 18.9 Å². The lowest BCUT2D eigenvalue weighted by Gasteiger charge is -2.18. The van der Waals surface area contributed by atoms with Gasteiger partial charge in [-0.15, -0.1) is 0 Å². The molecule has 1 atom stereocenters. The van der Waals surface area contributed by atoms with E-state index in [0.29, 0.717) is 18.8 Å². The molecule has 1 aliphatic heterocycles. The average molecular weight is 337 g/mol. The van der Waals surface area contributed by atoms with Crippen molar-refractivity contribution >= 4 is 17.6 Å². The molecule has 3 amide bonds. The Morgan fingerprint density at radius 2 is 1.96 bits per heavy atom. The zero-order valence-corrected chi connectivity index (χ0v) is 14.3. The SMILES string of the molecule is CC[NH+](CC)CCNC(=O)N[C@@H]1CC(=O)N(c2ccc(F)cc2)C1. The van der Waals surface area contributed by atoms with Gasteiger partial charge in [0, 0.05) is 18.7 Å². The van der Waals surface area contributed by atoms with E-state index in [4.69, 9.17) is 0 Å². The molecule has 1 saturated heterocycles. The van der Waals surface area contributed by atoms with Crippen molar-refractivity contribution in [3.05, 3.63) is 30.1 Å². The van der Waals surface area contributed by atoms with Crippen LogP contribution in [0.15, 0.2) is 24.3 Å². The minimum atomic E-state index is -0.338. The van der Waals surface area contributed by atoms with E-state index in [1.54, 1.807) is 17.0 Å². The lowest BCUT2D eigenvalue weighted by atomic mass is 10.2. The van der Waals surface area contributed by atoms with Gasteiger partial charge in [-0.1, -0.05) is 0 Å². The monoisotopic (exact) mass is 337 g/mol. The molecule has 7 heteroatoms. The van der Waals surface area contributed by atoms with Crippen LogP contribution in [0.5, 0.6) is 0 Å². The van der Waals surface area contributed by atoms with Crippen LogP contribution in [0.25, 0.3) is 0 Å². The van der Waals surface area contributed by atoms with E-state index in [2.05, 4.69) is 24.5 Å². The summed E-state index contributed by atoms with van der Waals surface area (Å²) < 4.78 is 13.0. The summed E-state index contributed by atoms with van der Waals surface area (Å²) in [7, 11) is 0. The number of likely N-dealkylation sites (N-methyl/N-ethyl adjacent to an activating group) is 1. The molecule has 2 rings (SSSR count). The molecule has 0 aromatic heterocycles. The van der Waals surface area contributed by atoms with Crippen LogP contribution in [-0.4, -0.2) is 50.7 Å². The predicted octanol–water partition coefficient (Wildman–Crippen LogP) is 0.155. The first-order valence-corrected chi connectivity index (χ1v) is 8.47. The van der Waals surface area contributed by atoms with E-state index < -0.39 is 0 Å². The first-order chi connectivity index (χ1) is 11.5. The fourth-order valence-electron chi connectivity index (χ4n) is 2.87. The third kappa shape index (κ3) is 4.92. The predicted molar refractivity (Wildman–Crippen MR) is 90.6 cm³/mol. The standard InChI is InChI=1S/C17H25FN4O2/c1-3-21(4-2)10-9-19-17(24)20-14-11-16(23)22(12-14)15-7-5-13(18)6-8-15/h5-8,14H,3-4,9-12H2,1-2H3,(H2,19,20,24)/p+1/t14-/m1/s1. The van der Waals surface area contributed by atoms with Gasteiger partial charge in [-0.25, -0.2) is 9.18 Å². The molecule has 0 unspecified atom stereocenters. The molecule has 0 aliphatic carbocycles. The number of nitrogens with zero attached hydrogens (tertiary/aromatic N) is 1. The Hall–Kier alpha value is -2.15. The Morgan fingerprint density at radius 1 is 1.29 bits per heavy atom. The van der Waals surface area contributed by atoms with Crippen molar-refractivity contribution in [3.8, 4) is 0 Å². The lowest BCUT2D eigenvalue weighted by Crippen LogP contribution is -3.12. The molecule has 0 saturated carbocycles. The van der Waals surface area contributed by atoms with Gasteiger partial charge in [0.05, 0.1) is 32.2 Å². The van der Waals surface area contributed by atoms with E-state index >= 15 is 0 Å². The molecule has 1 aromatic rings. The van der Waals surface area contributed by atoms with Crippen molar-refractivity contribution in [3.63, 3.8) is 0 Å². The molecule has 132 valence electrons. The van der Waals surface area contributed by atoms with Gasteiger partial charge < -0.3 is 20.4 Å². The van der Waals surface area contributed by atoms with Crippen molar-refractivity contribution in [2.75, 3.05) is 37.6 Å². The molecule has 0 bridgehead atoms. The van der Waals surface area contributed by atoms with Gasteiger partial charge in [0.2, 0.25) is 5.91 Å². The normalized spacial score (nSPS) is 17.4. The van der Waals surface area contributed by atoms with Gasteiger partial charge in [0.15, 0.2) is 0 Å². The van der Waals surface area contributed by atoms with Crippen LogP contribution < -0.4 is 20.4 Å². The maximum atomic E-state index is 13.0. The van der Waals surface area contributed by atoms with Gasteiger partial charge in [-0.05, 0) is 38.1 Å². The Labute approximate surface area is 142 Å². The van der Waals surface area contributed by atoms with Gasteiger partial charge in [-0.3, -0.25) is 4.79 Å². The highest BCUT2D eigenvalue weighted by Gasteiger charge is 2.31. The molecule has 3 N–H and O–H groups in total. The largest absolute Gasteiger partial charge is 0.334 e. The lowest BCUT2D eigenvalue weighted by molar-refractivity contribution is -0.895. The van der Waals surface area contributed by atoms with Crippen LogP contribution in [0.4, 0.5) is 14.9 Å². The summed E-state index contributed by atoms with van der Waals surface area (Å²) in [4.78, 5) is 27.0. The summed E-state index contributed by atoms with van der Waals surface area (Å²) in [6, 6.07) is 5.31. The van der Waals surface area contributed by atoms with Crippen molar-refractivity contribution in [2.45, 2.75) is 26.3 Å². The van der Waals surface area contributed by atoms with Crippen LogP contribution >= 0.6 is 0 Å². The Morgan fingerprint density at radius 3 is 2.58 bits per heavy atom. The second-order valence-corrected chi connectivity index (χ2v) is 5.99. The molecule has 0 radical (unpaired) electrons. The first kappa shape index (κ1) is 18.2. The van der Waals surface area contributed by atoms with Gasteiger partial charge in [0.1, 0.15) is 5.82 Å². The third-order valence-corrected chi connectivity index (χ3v) is 4.36. The zero-order chi connectivity index (χ0) is 17.5. The number of hydrogen-bond donors (Lipinski definition) is 3. The number of quaternary nitrogens is 1. The third-order valence-electron chi connectivity index (χ3n) is 4.36. The number of anilines is 1. The summed E-state index contributed by atoms with van der Waals surface area (Å²) in [6.07, 6.45) is 0.256. The van der Waals surface area contributed by atoms with Gasteiger partial charge in [-0.2, -0.15) is 0 Å². The van der Waals surface area contributed by atoms with Crippen molar-refractivity contribution in [1.29, 1.82) is 0 Å². The van der Waals surface area contributed by atoms with Crippen LogP contribution in [0.3, 0.4) is 0 Å². The molecule has 1 heterocycles. The van der Waals surface area contributed by atoms with E-state index in [9.17, 15) is 14.0 Å². The van der Waals surface area contributed by atoms with Crippen LogP contribution in [-0.2, 0) is 4.79 Å². The highest BCUT2D eigenvalue weighted by atomic mass is 19.1. The van der Waals surface area contributed by atoms with Gasteiger partial charge >= 0.3 is 6.03 Å². The summed E-state index contributed by atoms with van der Waals surface area (Å²) in [5, 5.41) is 5.67. The highest BCUT2D eigenvalue weighted by molar-refractivity contribution is 5.96. The number of nitrogens with one attached hydrogen (secondary N) is 3. The van der Waals surface area contributed by atoms with Crippen LogP contribution in [0.2, 0.25) is 0 Å². The minimum absolute atomic E-state index is 0.0699. The quantitative estimate of drug-likeness (QED) is 0.663. The van der Waals surface area contributed by atoms with E-state index in [1.807, 2.05) is 0 Å². The minimum Gasteiger partial charge on any atom is -0.334 e. The van der Waals surface area contributed by atoms with Crippen molar-refractivity contribution in [1.82, 2.24) is 10.6 Å². The topological polar surface area (TPSA) is 65.9 Å². The molecule has 1 aromatic carbocycles. The average Bonchev–Trinajstić information content (AvgIpc) is 2.92. The number of halogens is 1. The Balaban J connectivity index is 1.79. The van der Waals surface area contributed by atoms with Crippen LogP contribution in [0, 0.1) is 5.82 Å². The number of hydrogen-bond acceptors (Lipinski definition) is 2. The fourth-order valence-corrected chi connectivity index (χ4v) is 2.87. The molecule has 1 aliphatic rings. The molecule has 6 nitrogen and oxygen atoms in total. The fraction of sp³-hybridized carbons (Fsp3) is 0.529. The highest BCUT2D eigenvalue weighted by Crippen LogP contribution is 2.21. The smallest absolute Gasteiger partial charge is 0.315 e. The van der Waals surface area contributed by atoms with Crippen molar-refractivity contribution in [2.24, 2.45) is 0 Å². The summed E-state index contributed by atoms with van der Waals surface area (Å²) in [5.74, 6) is -0.408. The number of rotatable bonds is 7. The molecule has 1 fully saturated rings. The van der Waals surface area contributed by atoms with Crippen LogP contribution in [0.1, 0.15) is 20.3 Å². The molecular formula is C17H26FN4O2+. The van der Waals surface area contributed by atoms with Gasteiger partial charge in [0.25, 0.3) is 0 Å². The number of benzene rings is 1. The molecule has 24 heavy (non-hydrogen) atoms. The molecule has 0 spiro atoms. The van der Waals surface area contributed by atoms with E-state index in [0.717, 1.165) is 19.6 Å². The maximum Gasteiger partial charge on any atom is 0.315 e. The number of amides is 3. The first-order valence-electron chi connectivity index (χ1n) is 8.47.